The molecule has 6 nitrogen and oxygen atoms in total. The van der Waals surface area contributed by atoms with Crippen LogP contribution in [0.1, 0.15) is 17.2 Å². The molecule has 27 heavy (non-hydrogen) atoms. The zero-order valence-electron chi connectivity index (χ0n) is 14.8. The van der Waals surface area contributed by atoms with Gasteiger partial charge in [0.25, 0.3) is 0 Å². The van der Waals surface area contributed by atoms with Gasteiger partial charge in [0, 0.05) is 43.2 Å². The maximum absolute atomic E-state index is 12.9. The monoisotopic (exact) mass is 391 g/mol. The second kappa shape index (κ2) is 9.57. The van der Waals surface area contributed by atoms with Gasteiger partial charge < -0.3 is 15.1 Å². The molecule has 0 aliphatic carbocycles. The molecule has 0 spiro atoms. The van der Waals surface area contributed by atoms with Crippen LogP contribution in [0.15, 0.2) is 47.3 Å². The number of nitrogens with zero attached hydrogens (tertiary/aromatic N) is 1. The van der Waals surface area contributed by atoms with E-state index < -0.39 is 11.8 Å². The Bertz CT molecular complexity index is 746. The first-order chi connectivity index (χ1) is 13.1. The third kappa shape index (κ3) is 5.58. The van der Waals surface area contributed by atoms with E-state index in [1.165, 1.54) is 12.1 Å². The first kappa shape index (κ1) is 19.4. The molecule has 1 aliphatic rings. The smallest absolute Gasteiger partial charge is 0.309 e. The Kier molecular flexibility index (Phi) is 6.89. The van der Waals surface area contributed by atoms with Crippen LogP contribution in [0, 0.1) is 5.82 Å². The summed E-state index contributed by atoms with van der Waals surface area (Å²) in [6.45, 7) is 2.34. The standard InChI is InChI=1S/C19H22FN3O3S/c20-16-3-1-14(2-4-16)11-21-18(24)19(25)22-12-17(15-5-8-26-13-15)23-6-9-27-10-7-23/h1-5,8,13,17H,6-7,9-12H2,(H,21,24)(H,22,25). The predicted molar refractivity (Wildman–Crippen MR) is 102 cm³/mol. The minimum absolute atomic E-state index is 0.0292. The van der Waals surface area contributed by atoms with Gasteiger partial charge in [0.1, 0.15) is 5.82 Å². The van der Waals surface area contributed by atoms with Crippen LogP contribution >= 0.6 is 11.8 Å². The summed E-state index contributed by atoms with van der Waals surface area (Å²) >= 11 is 1.91. The highest BCUT2D eigenvalue weighted by Gasteiger charge is 2.25. The zero-order valence-corrected chi connectivity index (χ0v) is 15.6. The van der Waals surface area contributed by atoms with Gasteiger partial charge in [-0.15, -0.1) is 0 Å². The SMILES string of the molecule is O=C(NCc1ccc(F)cc1)C(=O)NCC(c1ccoc1)N1CCSCC1. The Morgan fingerprint density at radius 3 is 2.48 bits per heavy atom. The van der Waals surface area contributed by atoms with Gasteiger partial charge in [0.05, 0.1) is 18.6 Å². The number of benzene rings is 1. The summed E-state index contributed by atoms with van der Waals surface area (Å²) < 4.78 is 18.1. The minimum Gasteiger partial charge on any atom is -0.472 e. The van der Waals surface area contributed by atoms with E-state index in [9.17, 15) is 14.0 Å². The molecule has 2 aromatic rings. The van der Waals surface area contributed by atoms with Crippen LogP contribution in [-0.2, 0) is 16.1 Å². The van der Waals surface area contributed by atoms with Crippen molar-refractivity contribution in [2.24, 2.45) is 0 Å². The highest BCUT2D eigenvalue weighted by Crippen LogP contribution is 2.24. The van der Waals surface area contributed by atoms with E-state index in [1.54, 1.807) is 24.7 Å². The number of halogens is 1. The summed E-state index contributed by atoms with van der Waals surface area (Å²) in [5.41, 5.74) is 1.70. The number of carbonyl (C=O) groups excluding carboxylic acids is 2. The molecule has 0 radical (unpaired) electrons. The molecule has 8 heteroatoms. The van der Waals surface area contributed by atoms with E-state index in [2.05, 4.69) is 15.5 Å². The maximum Gasteiger partial charge on any atom is 0.309 e. The van der Waals surface area contributed by atoms with Gasteiger partial charge in [-0.05, 0) is 23.8 Å². The zero-order chi connectivity index (χ0) is 19.1. The molecular formula is C19H22FN3O3S. The number of amides is 2. The maximum atomic E-state index is 12.9. The normalized spacial score (nSPS) is 15.9. The van der Waals surface area contributed by atoms with Crippen molar-refractivity contribution in [3.05, 3.63) is 59.8 Å². The highest BCUT2D eigenvalue weighted by atomic mass is 32.2. The van der Waals surface area contributed by atoms with Gasteiger partial charge in [-0.3, -0.25) is 14.5 Å². The number of nitrogens with one attached hydrogen (secondary N) is 2. The molecular weight excluding hydrogens is 369 g/mol. The average Bonchev–Trinajstić information content (AvgIpc) is 3.22. The van der Waals surface area contributed by atoms with Gasteiger partial charge in [0.15, 0.2) is 0 Å². The Labute approximate surface area is 161 Å². The van der Waals surface area contributed by atoms with Gasteiger partial charge in [-0.25, -0.2) is 4.39 Å². The lowest BCUT2D eigenvalue weighted by Crippen LogP contribution is -2.45. The molecule has 1 aromatic heterocycles. The van der Waals surface area contributed by atoms with Crippen LogP contribution in [0.3, 0.4) is 0 Å². The lowest BCUT2D eigenvalue weighted by atomic mass is 10.1. The molecule has 2 heterocycles. The third-order valence-corrected chi connectivity index (χ3v) is 5.39. The van der Waals surface area contributed by atoms with Gasteiger partial charge in [-0.2, -0.15) is 11.8 Å². The largest absolute Gasteiger partial charge is 0.472 e. The number of rotatable bonds is 6. The number of hydrogen-bond donors (Lipinski definition) is 2. The molecule has 1 unspecified atom stereocenters. The third-order valence-electron chi connectivity index (χ3n) is 4.44. The fourth-order valence-electron chi connectivity index (χ4n) is 2.95. The number of hydrogen-bond acceptors (Lipinski definition) is 5. The minimum atomic E-state index is -0.709. The van der Waals surface area contributed by atoms with Crippen LogP contribution in [0.2, 0.25) is 0 Å². The van der Waals surface area contributed by atoms with Crippen molar-refractivity contribution in [1.29, 1.82) is 0 Å². The second-order valence-corrected chi connectivity index (χ2v) is 7.46. The number of carbonyl (C=O) groups is 2. The Morgan fingerprint density at radius 2 is 1.81 bits per heavy atom. The summed E-state index contributed by atoms with van der Waals surface area (Å²) in [5.74, 6) is 0.349. The van der Waals surface area contributed by atoms with Gasteiger partial charge >= 0.3 is 11.8 Å². The Hall–Kier alpha value is -2.32. The number of furan rings is 1. The number of thioether (sulfide) groups is 1. The Morgan fingerprint density at radius 1 is 1.11 bits per heavy atom. The van der Waals surface area contributed by atoms with Gasteiger partial charge in [0.2, 0.25) is 0 Å². The molecule has 2 amide bonds. The molecule has 3 rings (SSSR count). The quantitative estimate of drug-likeness (QED) is 0.737. The molecule has 1 saturated heterocycles. The molecule has 1 aliphatic heterocycles. The van der Waals surface area contributed by atoms with Crippen molar-refractivity contribution in [3.63, 3.8) is 0 Å². The lowest BCUT2D eigenvalue weighted by Gasteiger charge is -2.33. The molecule has 144 valence electrons. The Balaban J connectivity index is 1.52. The fourth-order valence-corrected chi connectivity index (χ4v) is 3.88. The van der Waals surface area contributed by atoms with E-state index in [1.807, 2.05) is 17.8 Å². The summed E-state index contributed by atoms with van der Waals surface area (Å²) in [7, 11) is 0. The highest BCUT2D eigenvalue weighted by molar-refractivity contribution is 7.99. The van der Waals surface area contributed by atoms with E-state index in [4.69, 9.17) is 4.42 Å². The summed E-state index contributed by atoms with van der Waals surface area (Å²) in [4.78, 5) is 26.5. The van der Waals surface area contributed by atoms with E-state index in [0.717, 1.165) is 35.7 Å². The summed E-state index contributed by atoms with van der Waals surface area (Å²) in [6, 6.07) is 7.61. The van der Waals surface area contributed by atoms with Crippen molar-refractivity contribution >= 4 is 23.6 Å². The van der Waals surface area contributed by atoms with Crippen LogP contribution in [0.4, 0.5) is 4.39 Å². The molecule has 1 aromatic carbocycles. The average molecular weight is 391 g/mol. The summed E-state index contributed by atoms with van der Waals surface area (Å²) in [6.07, 6.45) is 3.28. The van der Waals surface area contributed by atoms with Crippen molar-refractivity contribution in [3.8, 4) is 0 Å². The van der Waals surface area contributed by atoms with Crippen molar-refractivity contribution in [2.75, 3.05) is 31.1 Å². The van der Waals surface area contributed by atoms with Crippen LogP contribution < -0.4 is 10.6 Å². The molecule has 0 saturated carbocycles. The molecule has 1 fully saturated rings. The lowest BCUT2D eigenvalue weighted by molar-refractivity contribution is -0.139. The van der Waals surface area contributed by atoms with Crippen molar-refractivity contribution < 1.29 is 18.4 Å². The van der Waals surface area contributed by atoms with Crippen LogP contribution in [-0.4, -0.2) is 47.9 Å². The topological polar surface area (TPSA) is 74.6 Å². The van der Waals surface area contributed by atoms with Crippen LogP contribution in [0.25, 0.3) is 0 Å². The van der Waals surface area contributed by atoms with Crippen molar-refractivity contribution in [2.45, 2.75) is 12.6 Å². The van der Waals surface area contributed by atoms with E-state index in [-0.39, 0.29) is 18.4 Å². The fraction of sp³-hybridized carbons (Fsp3) is 0.368. The van der Waals surface area contributed by atoms with Crippen LogP contribution in [0.5, 0.6) is 0 Å². The predicted octanol–water partition coefficient (Wildman–Crippen LogP) is 1.94. The first-order valence-corrected chi connectivity index (χ1v) is 9.93. The summed E-state index contributed by atoms with van der Waals surface area (Å²) in [5, 5.41) is 5.26. The molecule has 0 bridgehead atoms. The van der Waals surface area contributed by atoms with E-state index >= 15 is 0 Å². The first-order valence-electron chi connectivity index (χ1n) is 8.78. The van der Waals surface area contributed by atoms with Crippen molar-refractivity contribution in [1.82, 2.24) is 15.5 Å². The van der Waals surface area contributed by atoms with Gasteiger partial charge in [-0.1, -0.05) is 12.1 Å². The van der Waals surface area contributed by atoms with E-state index in [0.29, 0.717) is 6.54 Å². The molecule has 2 N–H and O–H groups in total. The molecule has 1 atom stereocenters. The second-order valence-electron chi connectivity index (χ2n) is 6.24.